The third-order valence-electron chi connectivity index (χ3n) is 0.328. The molecule has 5 heteroatoms. The van der Waals surface area contributed by atoms with Crippen LogP contribution < -0.4 is 0 Å². The first-order chi connectivity index (χ1) is 3.06. The van der Waals surface area contributed by atoms with Crippen molar-refractivity contribution in [1.29, 1.82) is 0 Å². The molecule has 0 aromatic rings. The Balaban J connectivity index is 0. The van der Waals surface area contributed by atoms with Crippen molar-refractivity contribution >= 4 is 18.5 Å². The van der Waals surface area contributed by atoms with Gasteiger partial charge in [0.05, 0.1) is 14.2 Å². The van der Waals surface area contributed by atoms with Crippen LogP contribution in [0.5, 0.6) is 0 Å². The number of hydrogen-bond donors (Lipinski definition) is 1. The zero-order chi connectivity index (χ0) is 5.91. The Hall–Kier alpha value is -0.285. The predicted octanol–water partition coefficient (Wildman–Crippen LogP) is -1.12. The third kappa shape index (κ3) is 9.21. The molecule has 0 amide bonds. The summed E-state index contributed by atoms with van der Waals surface area (Å²) in [5, 5.41) is 0. The van der Waals surface area contributed by atoms with Crippen molar-refractivity contribution in [3.05, 3.63) is 12.7 Å². The Morgan fingerprint density at radius 3 is 2.00 bits per heavy atom. The molecule has 0 aliphatic heterocycles. The summed E-state index contributed by atoms with van der Waals surface area (Å²) in [6, 6.07) is 0. The van der Waals surface area contributed by atoms with Crippen LogP contribution in [0.4, 0.5) is 0 Å². The summed E-state index contributed by atoms with van der Waals surface area (Å²) < 4.78 is 27.3. The molecule has 0 fully saturated rings. The van der Waals surface area contributed by atoms with Crippen LogP contribution in [-0.2, 0) is 10.1 Å². The molecule has 0 radical (unpaired) electrons. The minimum Gasteiger partial charge on any atom is -0.285 e. The fourth-order valence-corrected chi connectivity index (χ4v) is 0.447. The molecule has 0 aromatic heterocycles. The van der Waals surface area contributed by atoms with Crippen LogP contribution in [0.1, 0.15) is 0 Å². The van der Waals surface area contributed by atoms with Gasteiger partial charge in [0.2, 0.25) is 0 Å². The van der Waals surface area contributed by atoms with Gasteiger partial charge in [-0.1, -0.05) is 6.08 Å². The molecule has 0 saturated heterocycles. The highest BCUT2D eigenvalue weighted by atomic mass is 32.2. The van der Waals surface area contributed by atoms with Gasteiger partial charge < -0.3 is 0 Å². The summed E-state index contributed by atoms with van der Waals surface area (Å²) in [5.74, 6) is -0.368. The van der Waals surface area contributed by atoms with E-state index in [0.717, 1.165) is 6.08 Å². The summed E-state index contributed by atoms with van der Waals surface area (Å²) in [5.41, 5.74) is 0. The molecule has 0 unspecified atom stereocenters. The third-order valence-corrected chi connectivity index (χ3v) is 0.985. The van der Waals surface area contributed by atoms with E-state index in [0.29, 0.717) is 0 Å². The molecular weight excluding hydrogens is 127 g/mol. The van der Waals surface area contributed by atoms with Gasteiger partial charge in [0.25, 0.3) is 10.1 Å². The second kappa shape index (κ2) is 3.68. The van der Waals surface area contributed by atoms with Gasteiger partial charge in [-0.05, 0) is 0 Å². The van der Waals surface area contributed by atoms with Crippen LogP contribution in [0.25, 0.3) is 0 Å². The maximum absolute atomic E-state index is 9.72. The summed E-state index contributed by atoms with van der Waals surface area (Å²) >= 11 is 0. The maximum Gasteiger partial charge on any atom is 0.268 e. The molecule has 0 aliphatic rings. The van der Waals surface area contributed by atoms with Crippen molar-refractivity contribution in [2.75, 3.05) is 5.75 Å². The van der Waals surface area contributed by atoms with Crippen molar-refractivity contribution in [3.8, 4) is 0 Å². The SMILES string of the molecule is B.C=CCS(=O)(=O)O. The van der Waals surface area contributed by atoms with Gasteiger partial charge in [0, 0.05) is 0 Å². The molecule has 0 rings (SSSR count). The van der Waals surface area contributed by atoms with Crippen LogP contribution in [-0.4, -0.2) is 27.1 Å². The number of hydrogen-bond acceptors (Lipinski definition) is 2. The van der Waals surface area contributed by atoms with Gasteiger partial charge in [-0.3, -0.25) is 4.55 Å². The summed E-state index contributed by atoms with van der Waals surface area (Å²) in [7, 11) is -3.79. The van der Waals surface area contributed by atoms with Crippen molar-refractivity contribution in [3.63, 3.8) is 0 Å². The molecule has 1 N–H and O–H groups in total. The molecule has 8 heavy (non-hydrogen) atoms. The maximum atomic E-state index is 9.72. The van der Waals surface area contributed by atoms with Gasteiger partial charge >= 0.3 is 0 Å². The van der Waals surface area contributed by atoms with Crippen LogP contribution in [0.15, 0.2) is 12.7 Å². The van der Waals surface area contributed by atoms with Crippen LogP contribution in [0.3, 0.4) is 0 Å². The van der Waals surface area contributed by atoms with Gasteiger partial charge in [-0.2, -0.15) is 8.42 Å². The van der Waals surface area contributed by atoms with Crippen molar-refractivity contribution in [2.24, 2.45) is 0 Å². The topological polar surface area (TPSA) is 54.4 Å². The summed E-state index contributed by atoms with van der Waals surface area (Å²) in [4.78, 5) is 0. The Morgan fingerprint density at radius 2 is 2.00 bits per heavy atom. The average molecular weight is 136 g/mol. The molecule has 48 valence electrons. The lowest BCUT2D eigenvalue weighted by Crippen LogP contribution is -1.99. The lowest BCUT2D eigenvalue weighted by atomic mass is 10.8. The lowest BCUT2D eigenvalue weighted by Gasteiger charge is -1.82. The standard InChI is InChI=1S/C3H6O3S.BH3/c1-2-3-7(4,5)6;/h2H,1,3H2,(H,4,5,6);1H3. The second-order valence-electron chi connectivity index (χ2n) is 1.04. The first-order valence-electron chi connectivity index (χ1n) is 1.62. The van der Waals surface area contributed by atoms with Gasteiger partial charge in [0.15, 0.2) is 0 Å². The normalized spacial score (nSPS) is 9.62. The van der Waals surface area contributed by atoms with Gasteiger partial charge in [-0.25, -0.2) is 0 Å². The van der Waals surface area contributed by atoms with E-state index in [-0.39, 0.29) is 14.2 Å². The van der Waals surface area contributed by atoms with Gasteiger partial charge in [0.1, 0.15) is 0 Å². The lowest BCUT2D eigenvalue weighted by molar-refractivity contribution is 0.487. The van der Waals surface area contributed by atoms with Crippen molar-refractivity contribution in [1.82, 2.24) is 0 Å². The number of rotatable bonds is 2. The minimum atomic E-state index is -3.79. The fraction of sp³-hybridized carbons (Fsp3) is 0.333. The van der Waals surface area contributed by atoms with E-state index in [4.69, 9.17) is 4.55 Å². The zero-order valence-corrected chi connectivity index (χ0v) is 4.48. The van der Waals surface area contributed by atoms with E-state index in [1.165, 1.54) is 0 Å². The van der Waals surface area contributed by atoms with Crippen molar-refractivity contribution < 1.29 is 13.0 Å². The molecule has 0 bridgehead atoms. The highest BCUT2D eigenvalue weighted by Gasteiger charge is 1.95. The molecule has 0 spiro atoms. The van der Waals surface area contributed by atoms with E-state index in [1.54, 1.807) is 0 Å². The summed E-state index contributed by atoms with van der Waals surface area (Å²) in [6.45, 7) is 3.11. The highest BCUT2D eigenvalue weighted by Crippen LogP contribution is 1.78. The van der Waals surface area contributed by atoms with E-state index in [9.17, 15) is 8.42 Å². The molecule has 0 atom stereocenters. The first-order valence-corrected chi connectivity index (χ1v) is 3.23. The predicted molar refractivity (Wildman–Crippen MR) is 36.6 cm³/mol. The Kier molecular flexibility index (Phi) is 4.91. The monoisotopic (exact) mass is 136 g/mol. The first kappa shape index (κ1) is 10.7. The molecule has 0 heterocycles. The van der Waals surface area contributed by atoms with E-state index in [2.05, 4.69) is 6.58 Å². The second-order valence-corrected chi connectivity index (χ2v) is 2.53. The average Bonchev–Trinajstić information content (AvgIpc) is 1.30. The molecule has 0 aliphatic carbocycles. The van der Waals surface area contributed by atoms with Crippen LogP contribution in [0, 0.1) is 0 Å². The zero-order valence-electron chi connectivity index (χ0n) is 3.66. The molecule has 0 aromatic carbocycles. The van der Waals surface area contributed by atoms with E-state index in [1.807, 2.05) is 0 Å². The van der Waals surface area contributed by atoms with Gasteiger partial charge in [-0.15, -0.1) is 6.58 Å². The Labute approximate surface area is 50.7 Å². The molecule has 0 saturated carbocycles. The minimum absolute atomic E-state index is 0. The largest absolute Gasteiger partial charge is 0.285 e. The van der Waals surface area contributed by atoms with E-state index >= 15 is 0 Å². The van der Waals surface area contributed by atoms with Crippen molar-refractivity contribution in [2.45, 2.75) is 0 Å². The van der Waals surface area contributed by atoms with Crippen LogP contribution in [0.2, 0.25) is 0 Å². The molecular formula is C3H9BO3S. The highest BCUT2D eigenvalue weighted by molar-refractivity contribution is 7.85. The Bertz CT molecular complexity index is 148. The van der Waals surface area contributed by atoms with E-state index < -0.39 is 10.1 Å². The smallest absolute Gasteiger partial charge is 0.268 e. The quantitative estimate of drug-likeness (QED) is 0.297. The molecule has 3 nitrogen and oxygen atoms in total. The van der Waals surface area contributed by atoms with Crippen LogP contribution >= 0.6 is 0 Å². The Morgan fingerprint density at radius 1 is 1.62 bits per heavy atom. The fourth-order valence-electron chi connectivity index (χ4n) is 0.149. The summed E-state index contributed by atoms with van der Waals surface area (Å²) in [6.07, 6.45) is 1.12.